The first-order chi connectivity index (χ1) is 16.4. The Labute approximate surface area is 202 Å². The Hall–Kier alpha value is -2.74. The summed E-state index contributed by atoms with van der Waals surface area (Å²) in [5.41, 5.74) is 3.37. The van der Waals surface area contributed by atoms with Gasteiger partial charge in [-0.2, -0.15) is 0 Å². The van der Waals surface area contributed by atoms with Gasteiger partial charge in [0.25, 0.3) is 5.91 Å². The molecule has 2 fully saturated rings. The fourth-order valence-corrected chi connectivity index (χ4v) is 5.12. The van der Waals surface area contributed by atoms with Crippen molar-refractivity contribution >= 4 is 17.5 Å². The van der Waals surface area contributed by atoms with Gasteiger partial charge in [-0.15, -0.1) is 0 Å². The summed E-state index contributed by atoms with van der Waals surface area (Å²) in [5, 5.41) is 0. The Bertz CT molecular complexity index is 938. The number of amides is 2. The Kier molecular flexibility index (Phi) is 7.36. The van der Waals surface area contributed by atoms with Gasteiger partial charge in [0.15, 0.2) is 17.1 Å². The lowest BCUT2D eigenvalue weighted by atomic mass is 10.0. The molecular formula is C26H37N3O5. The van der Waals surface area contributed by atoms with Gasteiger partial charge in [0.2, 0.25) is 5.91 Å². The second-order valence-electron chi connectivity index (χ2n) is 9.51. The zero-order chi connectivity index (χ0) is 24.3. The van der Waals surface area contributed by atoms with Gasteiger partial charge in [-0.1, -0.05) is 0 Å². The Balaban J connectivity index is 1.47. The fraction of sp³-hybridized carbons (Fsp3) is 0.615. The zero-order valence-electron chi connectivity index (χ0n) is 20.8. The van der Waals surface area contributed by atoms with Gasteiger partial charge in [0, 0.05) is 31.7 Å². The predicted molar refractivity (Wildman–Crippen MR) is 129 cm³/mol. The van der Waals surface area contributed by atoms with Gasteiger partial charge in [-0.3, -0.25) is 19.9 Å². The van der Waals surface area contributed by atoms with Crippen LogP contribution in [0.15, 0.2) is 24.3 Å². The minimum absolute atomic E-state index is 0.125. The smallest absolute Gasteiger partial charge is 0.261 e. The van der Waals surface area contributed by atoms with Crippen molar-refractivity contribution in [1.82, 2.24) is 15.3 Å². The normalized spacial score (nSPS) is 24.6. The lowest BCUT2D eigenvalue weighted by Crippen LogP contribution is -2.47. The third-order valence-corrected chi connectivity index (χ3v) is 7.19. The van der Waals surface area contributed by atoms with Crippen molar-refractivity contribution in [3.05, 3.63) is 29.8 Å². The van der Waals surface area contributed by atoms with Crippen molar-refractivity contribution in [3.63, 3.8) is 0 Å². The molecule has 1 aliphatic carbocycles. The van der Waals surface area contributed by atoms with Crippen molar-refractivity contribution in [3.8, 4) is 11.5 Å². The number of hydroxylamine groups is 1. The molecule has 186 valence electrons. The number of likely N-dealkylation sites (tertiary alicyclic amines) is 1. The number of nitrogens with one attached hydrogen (secondary N) is 1. The third kappa shape index (κ3) is 4.87. The number of carbonyl (C=O) groups excluding carboxylic acids is 2. The quantitative estimate of drug-likeness (QED) is 0.626. The molecule has 34 heavy (non-hydrogen) atoms. The van der Waals surface area contributed by atoms with Crippen molar-refractivity contribution in [2.75, 3.05) is 33.3 Å². The summed E-state index contributed by atoms with van der Waals surface area (Å²) >= 11 is 0. The molecule has 0 spiro atoms. The number of methoxy groups -OCH3 is 1. The molecule has 2 heterocycles. The summed E-state index contributed by atoms with van der Waals surface area (Å²) in [6.45, 7) is 8.07. The average molecular weight is 472 g/mol. The molecule has 2 atom stereocenters. The van der Waals surface area contributed by atoms with Crippen LogP contribution in [0.25, 0.3) is 5.70 Å². The summed E-state index contributed by atoms with van der Waals surface area (Å²) in [7, 11) is 1.64. The van der Waals surface area contributed by atoms with Crippen LogP contribution in [0.4, 0.5) is 0 Å². The minimum atomic E-state index is -1.14. The van der Waals surface area contributed by atoms with E-state index in [1.807, 2.05) is 43.0 Å². The highest BCUT2D eigenvalue weighted by atomic mass is 16.7. The molecule has 0 radical (unpaired) electrons. The van der Waals surface area contributed by atoms with Crippen molar-refractivity contribution < 1.29 is 23.9 Å². The Morgan fingerprint density at radius 1 is 1.18 bits per heavy atom. The van der Waals surface area contributed by atoms with Gasteiger partial charge >= 0.3 is 0 Å². The van der Waals surface area contributed by atoms with Gasteiger partial charge in [0.05, 0.1) is 24.8 Å². The van der Waals surface area contributed by atoms with Crippen LogP contribution in [-0.2, 0) is 14.4 Å². The van der Waals surface area contributed by atoms with Crippen molar-refractivity contribution in [2.45, 2.75) is 64.6 Å². The van der Waals surface area contributed by atoms with E-state index in [4.69, 9.17) is 14.3 Å². The minimum Gasteiger partial charge on any atom is -0.493 e. The first-order valence-corrected chi connectivity index (χ1v) is 12.5. The second kappa shape index (κ2) is 10.3. The van der Waals surface area contributed by atoms with Crippen LogP contribution in [0, 0.1) is 5.92 Å². The molecule has 8 nitrogen and oxygen atoms in total. The Morgan fingerprint density at radius 3 is 2.59 bits per heavy atom. The summed E-state index contributed by atoms with van der Waals surface area (Å²) < 4.78 is 11.7. The summed E-state index contributed by atoms with van der Waals surface area (Å²) in [6.07, 6.45) is 7.18. The molecule has 0 bridgehead atoms. The van der Waals surface area contributed by atoms with E-state index in [0.717, 1.165) is 18.4 Å². The summed E-state index contributed by atoms with van der Waals surface area (Å²) in [5.74, 6) is 1.23. The predicted octanol–water partition coefficient (Wildman–Crippen LogP) is 3.37. The van der Waals surface area contributed by atoms with E-state index in [1.165, 1.54) is 12.8 Å². The van der Waals surface area contributed by atoms with Gasteiger partial charge in [0.1, 0.15) is 0 Å². The number of hydrogen-bond acceptors (Lipinski definition) is 6. The number of hydrogen-bond donors (Lipinski definition) is 1. The van der Waals surface area contributed by atoms with E-state index in [1.54, 1.807) is 18.9 Å². The SMILES string of the molecule is CCN(CC)C(=O)C1CCN(C(=O)C2(C)C=C(c3ccc(OC)c(OC4CCCC4)c3)NO2)C1. The molecule has 1 N–H and O–H groups in total. The van der Waals surface area contributed by atoms with Crippen LogP contribution >= 0.6 is 0 Å². The van der Waals surface area contributed by atoms with Gasteiger partial charge in [-0.25, -0.2) is 0 Å². The fourth-order valence-electron chi connectivity index (χ4n) is 5.12. The van der Waals surface area contributed by atoms with Crippen LogP contribution < -0.4 is 15.0 Å². The lowest BCUT2D eigenvalue weighted by molar-refractivity contribution is -0.152. The number of ether oxygens (including phenoxy) is 2. The van der Waals surface area contributed by atoms with Crippen molar-refractivity contribution in [2.24, 2.45) is 5.92 Å². The molecule has 1 aromatic rings. The molecule has 1 saturated carbocycles. The number of carbonyl (C=O) groups is 2. The molecule has 1 saturated heterocycles. The van der Waals surface area contributed by atoms with Gasteiger partial charge in [-0.05, 0) is 77.2 Å². The van der Waals surface area contributed by atoms with E-state index in [9.17, 15) is 9.59 Å². The Morgan fingerprint density at radius 2 is 1.91 bits per heavy atom. The standard InChI is InChI=1S/C26H37N3O5/c1-5-28(6-2)24(30)19-13-14-29(17-19)25(31)26(3)16-21(27-34-26)18-11-12-22(32-4)23(15-18)33-20-9-7-8-10-20/h11-12,15-16,19-20,27H,5-10,13-14,17H2,1-4H3. The third-order valence-electron chi connectivity index (χ3n) is 7.19. The monoisotopic (exact) mass is 471 g/mol. The van der Waals surface area contributed by atoms with E-state index >= 15 is 0 Å². The van der Waals surface area contributed by atoms with Crippen LogP contribution in [0.3, 0.4) is 0 Å². The highest BCUT2D eigenvalue weighted by Crippen LogP contribution is 2.36. The first-order valence-electron chi connectivity index (χ1n) is 12.5. The highest BCUT2D eigenvalue weighted by molar-refractivity contribution is 5.91. The summed E-state index contributed by atoms with van der Waals surface area (Å²) in [4.78, 5) is 35.5. The topological polar surface area (TPSA) is 80.3 Å². The van der Waals surface area contributed by atoms with E-state index in [0.29, 0.717) is 49.8 Å². The van der Waals surface area contributed by atoms with Crippen molar-refractivity contribution in [1.29, 1.82) is 0 Å². The molecule has 0 aromatic heterocycles. The molecule has 4 rings (SSSR count). The van der Waals surface area contributed by atoms with E-state index in [-0.39, 0.29) is 23.8 Å². The number of rotatable bonds is 8. The number of nitrogens with zero attached hydrogens (tertiary/aromatic N) is 2. The maximum Gasteiger partial charge on any atom is 0.261 e. The first kappa shape index (κ1) is 24.4. The van der Waals surface area contributed by atoms with Crippen LogP contribution in [0.1, 0.15) is 58.4 Å². The average Bonchev–Trinajstić information content (AvgIpc) is 3.61. The zero-order valence-corrected chi connectivity index (χ0v) is 20.8. The van der Waals surface area contributed by atoms with Gasteiger partial charge < -0.3 is 19.3 Å². The molecule has 2 aliphatic heterocycles. The number of benzene rings is 1. The molecule has 1 aromatic carbocycles. The maximum absolute atomic E-state index is 13.4. The highest BCUT2D eigenvalue weighted by Gasteiger charge is 2.44. The van der Waals surface area contributed by atoms with E-state index in [2.05, 4.69) is 5.48 Å². The second-order valence-corrected chi connectivity index (χ2v) is 9.51. The molecule has 2 amide bonds. The largest absolute Gasteiger partial charge is 0.493 e. The molecule has 3 aliphatic rings. The van der Waals surface area contributed by atoms with Crippen LogP contribution in [0.5, 0.6) is 11.5 Å². The maximum atomic E-state index is 13.4. The lowest BCUT2D eigenvalue weighted by Gasteiger charge is -2.27. The molecule has 2 unspecified atom stereocenters. The van der Waals surface area contributed by atoms with E-state index < -0.39 is 5.60 Å². The molecular weight excluding hydrogens is 434 g/mol. The summed E-state index contributed by atoms with van der Waals surface area (Å²) in [6, 6.07) is 5.74. The van der Waals surface area contributed by atoms with Crippen LogP contribution in [0.2, 0.25) is 0 Å². The van der Waals surface area contributed by atoms with Crippen LogP contribution in [-0.4, -0.2) is 66.6 Å². The molecule has 8 heteroatoms.